The fraction of sp³-hybridized carbons (Fsp3) is 0.105. The summed E-state index contributed by atoms with van der Waals surface area (Å²) in [5, 5.41) is 28.2. The second kappa shape index (κ2) is 8.92. The predicted octanol–water partition coefficient (Wildman–Crippen LogP) is 2.15. The largest absolute Gasteiger partial charge is 0.360 e. The summed E-state index contributed by atoms with van der Waals surface area (Å²) in [6.07, 6.45) is 2.27. The van der Waals surface area contributed by atoms with Crippen LogP contribution in [0.1, 0.15) is 21.7 Å². The first-order valence-electron chi connectivity index (χ1n) is 8.29. The first-order chi connectivity index (χ1) is 13.3. The van der Waals surface area contributed by atoms with Crippen LogP contribution >= 0.6 is 0 Å². The van der Waals surface area contributed by atoms with Crippen molar-refractivity contribution in [3.8, 4) is 6.07 Å². The van der Waals surface area contributed by atoms with E-state index in [4.69, 9.17) is 5.26 Å². The number of nitrogens with zero attached hydrogens (tertiary/aromatic N) is 4. The molecule has 0 saturated carbocycles. The molecule has 27 heavy (non-hydrogen) atoms. The normalized spacial score (nSPS) is 10.9. The predicted molar refractivity (Wildman–Crippen MR) is 100 cm³/mol. The molecule has 8 heteroatoms. The Balaban J connectivity index is 1.53. The van der Waals surface area contributed by atoms with Gasteiger partial charge in [-0.25, -0.2) is 0 Å². The number of hydrogen-bond donors (Lipinski definition) is 3. The van der Waals surface area contributed by atoms with Crippen molar-refractivity contribution in [2.75, 3.05) is 11.9 Å². The number of carbonyl (C=O) groups is 1. The Bertz CT molecular complexity index is 942. The summed E-state index contributed by atoms with van der Waals surface area (Å²) in [6.45, 7) is 0.571. The molecule has 1 aromatic heterocycles. The fourth-order valence-electron chi connectivity index (χ4n) is 2.36. The van der Waals surface area contributed by atoms with E-state index in [1.165, 1.54) is 11.8 Å². The van der Waals surface area contributed by atoms with Crippen molar-refractivity contribution >= 4 is 17.2 Å². The second-order valence-electron chi connectivity index (χ2n) is 5.62. The Morgan fingerprint density at radius 1 is 1.15 bits per heavy atom. The van der Waals surface area contributed by atoms with Gasteiger partial charge in [-0.15, -0.1) is 10.2 Å². The minimum Gasteiger partial charge on any atom is -0.360 e. The molecule has 0 aliphatic heterocycles. The van der Waals surface area contributed by atoms with Crippen LogP contribution in [0.4, 0.5) is 5.69 Å². The number of nitriles is 1. The van der Waals surface area contributed by atoms with Gasteiger partial charge in [0.1, 0.15) is 11.6 Å². The van der Waals surface area contributed by atoms with Crippen LogP contribution in [0.3, 0.4) is 0 Å². The van der Waals surface area contributed by atoms with Crippen LogP contribution in [-0.4, -0.2) is 33.1 Å². The lowest BCUT2D eigenvalue weighted by Crippen LogP contribution is -2.25. The van der Waals surface area contributed by atoms with Crippen LogP contribution in [0, 0.1) is 11.3 Å². The van der Waals surface area contributed by atoms with Crippen LogP contribution in [0.5, 0.6) is 0 Å². The molecule has 0 spiro atoms. The van der Waals surface area contributed by atoms with Crippen LogP contribution in [0.15, 0.2) is 60.8 Å². The van der Waals surface area contributed by atoms with Gasteiger partial charge in [-0.1, -0.05) is 30.3 Å². The highest BCUT2D eigenvalue weighted by molar-refractivity contribution is 5.94. The third kappa shape index (κ3) is 4.99. The van der Waals surface area contributed by atoms with Crippen molar-refractivity contribution in [1.29, 1.82) is 5.26 Å². The molecule has 0 bridgehead atoms. The van der Waals surface area contributed by atoms with E-state index in [2.05, 4.69) is 31.3 Å². The van der Waals surface area contributed by atoms with E-state index in [0.29, 0.717) is 12.1 Å². The van der Waals surface area contributed by atoms with Crippen molar-refractivity contribution in [2.24, 2.45) is 0 Å². The number of rotatable bonds is 7. The lowest BCUT2D eigenvalue weighted by molar-refractivity contribution is 0.0954. The van der Waals surface area contributed by atoms with E-state index in [1.54, 1.807) is 24.3 Å². The van der Waals surface area contributed by atoms with E-state index in [0.717, 1.165) is 12.1 Å². The average molecular weight is 359 g/mol. The summed E-state index contributed by atoms with van der Waals surface area (Å²) >= 11 is 0. The molecule has 3 aromatic rings. The smallest absolute Gasteiger partial charge is 0.251 e. The van der Waals surface area contributed by atoms with Crippen LogP contribution in [0.25, 0.3) is 5.57 Å². The molecule has 1 heterocycles. The molecule has 0 aliphatic carbocycles. The standard InChI is InChI=1S/C19H17N7O/c20-12-16(18-23-25-26-24-18)13-22-17-8-6-15(7-9-17)19(27)21-11-10-14-4-2-1-3-5-14/h1-9,13,22H,10-11H2,(H,21,27)(H,23,24,25,26). The Hall–Kier alpha value is -3.99. The van der Waals surface area contributed by atoms with Crippen molar-refractivity contribution in [2.45, 2.75) is 6.42 Å². The van der Waals surface area contributed by atoms with Crippen LogP contribution in [-0.2, 0) is 6.42 Å². The van der Waals surface area contributed by atoms with Gasteiger partial charge in [-0.3, -0.25) is 4.79 Å². The van der Waals surface area contributed by atoms with Crippen LogP contribution < -0.4 is 10.6 Å². The van der Waals surface area contributed by atoms with Crippen molar-refractivity contribution in [3.63, 3.8) is 0 Å². The number of aromatic amines is 1. The molecule has 2 aromatic carbocycles. The summed E-state index contributed by atoms with van der Waals surface area (Å²) in [6, 6.07) is 18.9. The highest BCUT2D eigenvalue weighted by Crippen LogP contribution is 2.12. The number of H-pyrrole nitrogens is 1. The highest BCUT2D eigenvalue weighted by atomic mass is 16.1. The maximum Gasteiger partial charge on any atom is 0.251 e. The molecule has 0 saturated heterocycles. The monoisotopic (exact) mass is 359 g/mol. The lowest BCUT2D eigenvalue weighted by atomic mass is 10.1. The first kappa shape index (κ1) is 17.8. The molecule has 134 valence electrons. The average Bonchev–Trinajstić information content (AvgIpc) is 3.24. The molecule has 1 amide bonds. The molecule has 0 unspecified atom stereocenters. The number of benzene rings is 2. The van der Waals surface area contributed by atoms with Gasteiger partial charge in [0.2, 0.25) is 5.82 Å². The minimum absolute atomic E-state index is 0.127. The van der Waals surface area contributed by atoms with Gasteiger partial charge >= 0.3 is 0 Å². The van der Waals surface area contributed by atoms with E-state index in [-0.39, 0.29) is 17.3 Å². The van der Waals surface area contributed by atoms with E-state index < -0.39 is 0 Å². The zero-order valence-electron chi connectivity index (χ0n) is 14.4. The topological polar surface area (TPSA) is 119 Å². The fourth-order valence-corrected chi connectivity index (χ4v) is 2.36. The minimum atomic E-state index is -0.127. The van der Waals surface area contributed by atoms with E-state index in [9.17, 15) is 4.79 Å². The number of anilines is 1. The summed E-state index contributed by atoms with van der Waals surface area (Å²) < 4.78 is 0. The highest BCUT2D eigenvalue weighted by Gasteiger charge is 2.07. The number of nitrogens with one attached hydrogen (secondary N) is 3. The lowest BCUT2D eigenvalue weighted by Gasteiger charge is -2.07. The van der Waals surface area contributed by atoms with E-state index >= 15 is 0 Å². The Kier molecular flexibility index (Phi) is 5.89. The van der Waals surface area contributed by atoms with Gasteiger partial charge < -0.3 is 10.6 Å². The van der Waals surface area contributed by atoms with Crippen LogP contribution in [0.2, 0.25) is 0 Å². The molecule has 0 fully saturated rings. The van der Waals surface area contributed by atoms with E-state index in [1.807, 2.05) is 36.4 Å². The second-order valence-corrected chi connectivity index (χ2v) is 5.62. The maximum atomic E-state index is 12.2. The number of hydrogen-bond acceptors (Lipinski definition) is 6. The van der Waals surface area contributed by atoms with Gasteiger partial charge in [0.15, 0.2) is 0 Å². The van der Waals surface area contributed by atoms with Gasteiger partial charge in [0.25, 0.3) is 5.91 Å². The molecular weight excluding hydrogens is 342 g/mol. The first-order valence-corrected chi connectivity index (χ1v) is 8.29. The molecule has 3 N–H and O–H groups in total. The Labute approximate surface area is 155 Å². The molecule has 0 radical (unpaired) electrons. The third-order valence-electron chi connectivity index (χ3n) is 3.78. The Morgan fingerprint density at radius 2 is 1.93 bits per heavy atom. The number of allylic oxidation sites excluding steroid dienone is 1. The van der Waals surface area contributed by atoms with Gasteiger partial charge in [0.05, 0.1) is 0 Å². The quantitative estimate of drug-likeness (QED) is 0.556. The van der Waals surface area contributed by atoms with Crippen molar-refractivity contribution < 1.29 is 4.79 Å². The molecule has 3 rings (SSSR count). The SMILES string of the molecule is N#CC(=CNc1ccc(C(=O)NCCc2ccccc2)cc1)c1nn[nH]n1. The summed E-state index contributed by atoms with van der Waals surface area (Å²) in [4.78, 5) is 12.2. The number of tetrazole rings is 1. The summed E-state index contributed by atoms with van der Waals surface area (Å²) in [7, 11) is 0. The maximum absolute atomic E-state index is 12.2. The third-order valence-corrected chi connectivity index (χ3v) is 3.78. The molecule has 8 nitrogen and oxygen atoms in total. The zero-order chi connectivity index (χ0) is 18.9. The van der Waals surface area contributed by atoms with Gasteiger partial charge in [-0.2, -0.15) is 10.5 Å². The number of aromatic nitrogens is 4. The van der Waals surface area contributed by atoms with Gasteiger partial charge in [0, 0.05) is 24.0 Å². The number of amides is 1. The molecular formula is C19H17N7O. The molecule has 0 aliphatic rings. The van der Waals surface area contributed by atoms with Crippen molar-refractivity contribution in [1.82, 2.24) is 25.9 Å². The Morgan fingerprint density at radius 3 is 2.59 bits per heavy atom. The number of carbonyl (C=O) groups excluding carboxylic acids is 1. The summed E-state index contributed by atoms with van der Waals surface area (Å²) in [5.74, 6) is 0.0805. The van der Waals surface area contributed by atoms with Crippen molar-refractivity contribution in [3.05, 3.63) is 77.7 Å². The van der Waals surface area contributed by atoms with Gasteiger partial charge in [-0.05, 0) is 41.5 Å². The summed E-state index contributed by atoms with van der Waals surface area (Å²) in [5.41, 5.74) is 2.72. The zero-order valence-corrected chi connectivity index (χ0v) is 14.4. The molecule has 0 atom stereocenters.